The number of halogens is 1. The summed E-state index contributed by atoms with van der Waals surface area (Å²) < 4.78 is 12.6. The molecule has 3 aromatic carbocycles. The molecule has 4 rings (SSSR count). The summed E-state index contributed by atoms with van der Waals surface area (Å²) in [6.45, 7) is 6.98. The van der Waals surface area contributed by atoms with E-state index in [4.69, 9.17) is 9.47 Å². The zero-order valence-electron chi connectivity index (χ0n) is 19.9. The average Bonchev–Trinajstić information content (AvgIpc) is 3.08. The predicted molar refractivity (Wildman–Crippen MR) is 139 cm³/mol. The maximum atomic E-state index is 13.0. The number of ether oxygens (including phenoxy) is 2. The van der Waals surface area contributed by atoms with Gasteiger partial charge >= 0.3 is 6.03 Å². The Kier molecular flexibility index (Phi) is 7.56. The Bertz CT molecular complexity index is 1280. The van der Waals surface area contributed by atoms with Crippen LogP contribution in [0.4, 0.5) is 4.79 Å². The lowest BCUT2D eigenvalue weighted by Gasteiger charge is -2.14. The Balaban J connectivity index is 1.55. The zero-order chi connectivity index (χ0) is 24.9. The van der Waals surface area contributed by atoms with Gasteiger partial charge in [0.1, 0.15) is 12.3 Å². The fraction of sp³-hybridized carbons (Fsp3) is 0.214. The third-order valence-corrected chi connectivity index (χ3v) is 6.25. The maximum Gasteiger partial charge on any atom is 0.329 e. The summed E-state index contributed by atoms with van der Waals surface area (Å²) in [5.74, 6) is 0.772. The van der Waals surface area contributed by atoms with Crippen LogP contribution in [0.2, 0.25) is 0 Å². The minimum atomic E-state index is -0.443. The highest BCUT2D eigenvalue weighted by Gasteiger charge is 2.33. The van der Waals surface area contributed by atoms with Gasteiger partial charge < -0.3 is 14.8 Å². The fourth-order valence-electron chi connectivity index (χ4n) is 3.75. The Labute approximate surface area is 213 Å². The Morgan fingerprint density at radius 2 is 1.66 bits per heavy atom. The monoisotopic (exact) mass is 534 g/mol. The van der Waals surface area contributed by atoms with E-state index < -0.39 is 6.03 Å². The van der Waals surface area contributed by atoms with Crippen molar-refractivity contribution in [3.05, 3.63) is 98.7 Å². The van der Waals surface area contributed by atoms with E-state index in [1.54, 1.807) is 12.1 Å². The highest BCUT2D eigenvalue weighted by molar-refractivity contribution is 9.10. The number of nitrogens with one attached hydrogen (secondary N) is 1. The van der Waals surface area contributed by atoms with Crippen molar-refractivity contribution in [3.63, 3.8) is 0 Å². The normalized spacial score (nSPS) is 14.4. The van der Waals surface area contributed by atoms with E-state index in [1.165, 1.54) is 10.5 Å². The molecule has 0 unspecified atom stereocenters. The van der Waals surface area contributed by atoms with Gasteiger partial charge in [-0.25, -0.2) is 4.79 Å². The number of hydrogen-bond acceptors (Lipinski definition) is 4. The van der Waals surface area contributed by atoms with Crippen LogP contribution in [-0.4, -0.2) is 23.4 Å². The molecule has 1 aliphatic rings. The number of benzene rings is 3. The van der Waals surface area contributed by atoms with Gasteiger partial charge in [0, 0.05) is 4.47 Å². The number of urea groups is 1. The summed E-state index contributed by atoms with van der Waals surface area (Å²) >= 11 is 3.57. The molecule has 35 heavy (non-hydrogen) atoms. The Morgan fingerprint density at radius 3 is 2.37 bits per heavy atom. The molecule has 0 atom stereocenters. The molecule has 1 saturated heterocycles. The van der Waals surface area contributed by atoms with Crippen molar-refractivity contribution in [3.8, 4) is 11.5 Å². The number of aryl methyl sites for hydroxylation is 2. The lowest BCUT2D eigenvalue weighted by atomic mass is 10.1. The maximum absolute atomic E-state index is 13.0. The van der Waals surface area contributed by atoms with Crippen LogP contribution in [0.15, 0.2) is 70.8 Å². The van der Waals surface area contributed by atoms with Crippen molar-refractivity contribution in [1.82, 2.24) is 10.2 Å². The first kappa shape index (κ1) is 24.5. The molecular formula is C28H27BrN2O4. The lowest BCUT2D eigenvalue weighted by molar-refractivity contribution is -0.123. The first-order chi connectivity index (χ1) is 16.8. The second kappa shape index (κ2) is 10.8. The number of carbonyl (C=O) groups excluding carboxylic acids is 2. The van der Waals surface area contributed by atoms with E-state index >= 15 is 0 Å². The molecule has 0 saturated carbocycles. The van der Waals surface area contributed by atoms with Gasteiger partial charge in [0.15, 0.2) is 11.5 Å². The second-order valence-corrected chi connectivity index (χ2v) is 9.25. The zero-order valence-corrected chi connectivity index (χ0v) is 21.5. The third-order valence-electron chi connectivity index (χ3n) is 5.56. The molecule has 3 amide bonds. The third kappa shape index (κ3) is 5.92. The number of hydrogen-bond donors (Lipinski definition) is 1. The van der Waals surface area contributed by atoms with Gasteiger partial charge in [-0.3, -0.25) is 9.69 Å². The van der Waals surface area contributed by atoms with Gasteiger partial charge in [-0.05, 0) is 55.7 Å². The molecule has 3 aromatic rings. The van der Waals surface area contributed by atoms with Crippen LogP contribution in [0.5, 0.6) is 11.5 Å². The van der Waals surface area contributed by atoms with Crippen LogP contribution in [0.25, 0.3) is 6.08 Å². The summed E-state index contributed by atoms with van der Waals surface area (Å²) in [7, 11) is 0. The number of rotatable bonds is 8. The van der Waals surface area contributed by atoms with Crippen molar-refractivity contribution < 1.29 is 19.1 Å². The molecule has 1 aliphatic heterocycles. The Hall–Kier alpha value is -3.58. The molecule has 180 valence electrons. The van der Waals surface area contributed by atoms with Gasteiger partial charge in [0.05, 0.1) is 13.2 Å². The van der Waals surface area contributed by atoms with Crippen LogP contribution in [0.1, 0.15) is 34.7 Å². The molecule has 0 radical (unpaired) electrons. The van der Waals surface area contributed by atoms with Crippen LogP contribution in [0.3, 0.4) is 0 Å². The first-order valence-corrected chi connectivity index (χ1v) is 12.2. The number of amides is 3. The molecule has 6 nitrogen and oxygen atoms in total. The summed E-state index contributed by atoms with van der Waals surface area (Å²) in [4.78, 5) is 26.7. The van der Waals surface area contributed by atoms with Crippen molar-refractivity contribution in [1.29, 1.82) is 0 Å². The summed E-state index contributed by atoms with van der Waals surface area (Å²) in [6.07, 6.45) is 1.65. The van der Waals surface area contributed by atoms with Gasteiger partial charge in [0.2, 0.25) is 0 Å². The van der Waals surface area contributed by atoms with Crippen molar-refractivity contribution in [2.45, 2.75) is 33.9 Å². The van der Waals surface area contributed by atoms with Crippen LogP contribution in [0, 0.1) is 13.8 Å². The quantitative estimate of drug-likeness (QED) is 0.278. The Morgan fingerprint density at radius 1 is 0.914 bits per heavy atom. The molecule has 0 aliphatic carbocycles. The standard InChI is InChI=1S/C28H27BrN2O4/c1-4-34-25-14-22(23(29)15-26(25)35-17-20-10-8-18(2)9-11-20)13-24-27(32)31(28(33)30-24)16-21-7-5-6-19(3)12-21/h5-15H,4,16-17H2,1-3H3,(H,30,33)/b24-13+. The molecular weight excluding hydrogens is 508 g/mol. The van der Waals surface area contributed by atoms with Crippen molar-refractivity contribution >= 4 is 33.9 Å². The van der Waals surface area contributed by atoms with E-state index in [-0.39, 0.29) is 18.1 Å². The molecule has 1 heterocycles. The average molecular weight is 535 g/mol. The largest absolute Gasteiger partial charge is 0.490 e. The van der Waals surface area contributed by atoms with Crippen LogP contribution < -0.4 is 14.8 Å². The topological polar surface area (TPSA) is 67.9 Å². The molecule has 0 bridgehead atoms. The highest BCUT2D eigenvalue weighted by Crippen LogP contribution is 2.36. The fourth-order valence-corrected chi connectivity index (χ4v) is 4.19. The van der Waals surface area contributed by atoms with Crippen molar-refractivity contribution in [2.75, 3.05) is 6.61 Å². The highest BCUT2D eigenvalue weighted by atomic mass is 79.9. The van der Waals surface area contributed by atoms with E-state index in [0.29, 0.717) is 34.7 Å². The second-order valence-electron chi connectivity index (χ2n) is 8.40. The van der Waals surface area contributed by atoms with E-state index in [2.05, 4.69) is 21.2 Å². The minimum Gasteiger partial charge on any atom is -0.490 e. The van der Waals surface area contributed by atoms with Crippen LogP contribution >= 0.6 is 15.9 Å². The summed E-state index contributed by atoms with van der Waals surface area (Å²) in [6, 6.07) is 19.1. The lowest BCUT2D eigenvalue weighted by Crippen LogP contribution is -2.30. The smallest absolute Gasteiger partial charge is 0.329 e. The van der Waals surface area contributed by atoms with Gasteiger partial charge in [-0.15, -0.1) is 0 Å². The first-order valence-electron chi connectivity index (χ1n) is 11.4. The summed E-state index contributed by atoms with van der Waals surface area (Å²) in [5, 5.41) is 2.69. The molecule has 0 spiro atoms. The van der Waals surface area contributed by atoms with Crippen LogP contribution in [-0.2, 0) is 17.9 Å². The predicted octanol–water partition coefficient (Wildman–Crippen LogP) is 6.14. The van der Waals surface area contributed by atoms with Gasteiger partial charge in [-0.2, -0.15) is 0 Å². The molecule has 7 heteroatoms. The summed E-state index contributed by atoms with van der Waals surface area (Å²) in [5.41, 5.74) is 5.10. The van der Waals surface area contributed by atoms with Gasteiger partial charge in [-0.1, -0.05) is 75.6 Å². The molecule has 1 N–H and O–H groups in total. The number of carbonyl (C=O) groups is 2. The SMILES string of the molecule is CCOc1cc(/C=C2/NC(=O)N(Cc3cccc(C)c3)C2=O)c(Br)cc1OCc1ccc(C)cc1. The number of imide groups is 1. The van der Waals surface area contributed by atoms with Crippen molar-refractivity contribution in [2.24, 2.45) is 0 Å². The molecule has 1 fully saturated rings. The van der Waals surface area contributed by atoms with E-state index in [9.17, 15) is 9.59 Å². The molecule has 0 aromatic heterocycles. The van der Waals surface area contributed by atoms with Gasteiger partial charge in [0.25, 0.3) is 5.91 Å². The minimum absolute atomic E-state index is 0.208. The van der Waals surface area contributed by atoms with E-state index in [0.717, 1.165) is 16.7 Å². The van der Waals surface area contributed by atoms with E-state index in [1.807, 2.05) is 75.4 Å². The number of nitrogens with zero attached hydrogens (tertiary/aromatic N) is 1.